The second-order valence-electron chi connectivity index (χ2n) is 1.52. The number of hydrogen-bond donors (Lipinski definition) is 0. The lowest BCUT2D eigenvalue weighted by atomic mass is 10.4. The van der Waals surface area contributed by atoms with Gasteiger partial charge in [-0.3, -0.25) is 4.70 Å². The Kier molecular flexibility index (Phi) is 10.6. The first-order valence-electron chi connectivity index (χ1n) is 2.82. The predicted molar refractivity (Wildman–Crippen MR) is 47.9 cm³/mol. The molecule has 1 nitrogen and oxygen atoms in total. The molecule has 1 rings (SSSR count). The van der Waals surface area contributed by atoms with E-state index in [2.05, 4.69) is 15.9 Å². The Balaban J connectivity index is 0. The van der Waals surface area contributed by atoms with Gasteiger partial charge in [-0.15, -0.1) is 0 Å². The highest BCUT2D eigenvalue weighted by Gasteiger charge is 1.74. The minimum atomic E-state index is 0. The zero-order chi connectivity index (χ0) is 7.82. The number of rotatable bonds is 0. The minimum Gasteiger partial charge on any atom is -0.269 e. The summed E-state index contributed by atoms with van der Waals surface area (Å²) in [5.74, 6) is 0. The standard InChI is InChI=1S/C6H5Br.C2H3N.FH/c7-6-4-2-1-3-5-6;1-2-3;/h1-5H;1H3;1H. The van der Waals surface area contributed by atoms with E-state index in [1.54, 1.807) is 6.07 Å². The minimum absolute atomic E-state index is 0. The zero-order valence-electron chi connectivity index (χ0n) is 6.12. The fourth-order valence-corrected chi connectivity index (χ4v) is 0.720. The second-order valence-corrected chi connectivity index (χ2v) is 2.43. The lowest BCUT2D eigenvalue weighted by Gasteiger charge is -1.80. The molecule has 0 aliphatic heterocycles. The third-order valence-electron chi connectivity index (χ3n) is 0.733. The van der Waals surface area contributed by atoms with Crippen molar-refractivity contribution >= 4 is 15.9 Å². The fraction of sp³-hybridized carbons (Fsp3) is 0.125. The summed E-state index contributed by atoms with van der Waals surface area (Å²) >= 11 is 3.31. The summed E-state index contributed by atoms with van der Waals surface area (Å²) in [6.07, 6.45) is 0. The molecule has 0 fully saturated rings. The van der Waals surface area contributed by atoms with E-state index in [4.69, 9.17) is 5.26 Å². The summed E-state index contributed by atoms with van der Waals surface area (Å²) in [5, 5.41) is 7.32. The Hall–Kier alpha value is -0.880. The monoisotopic (exact) mass is 217 g/mol. The van der Waals surface area contributed by atoms with Crippen molar-refractivity contribution < 1.29 is 4.70 Å². The van der Waals surface area contributed by atoms with Gasteiger partial charge in [0.25, 0.3) is 0 Å². The van der Waals surface area contributed by atoms with Gasteiger partial charge >= 0.3 is 0 Å². The van der Waals surface area contributed by atoms with Crippen LogP contribution in [0.3, 0.4) is 0 Å². The van der Waals surface area contributed by atoms with Crippen molar-refractivity contribution in [3.63, 3.8) is 0 Å². The van der Waals surface area contributed by atoms with Crippen LogP contribution in [0.2, 0.25) is 0 Å². The van der Waals surface area contributed by atoms with E-state index >= 15 is 0 Å². The van der Waals surface area contributed by atoms with E-state index in [-0.39, 0.29) is 4.70 Å². The smallest absolute Gasteiger partial charge is 0.0587 e. The lowest BCUT2D eigenvalue weighted by molar-refractivity contribution is 1.11. The maximum atomic E-state index is 7.32. The first kappa shape index (κ1) is 12.8. The van der Waals surface area contributed by atoms with Gasteiger partial charge in [0.1, 0.15) is 0 Å². The average Bonchev–Trinajstić information content (AvgIpc) is 1.91. The Morgan fingerprint density at radius 1 is 1.27 bits per heavy atom. The second kappa shape index (κ2) is 9.12. The van der Waals surface area contributed by atoms with Crippen molar-refractivity contribution in [1.82, 2.24) is 0 Å². The molecule has 0 N–H and O–H groups in total. The van der Waals surface area contributed by atoms with Crippen LogP contribution < -0.4 is 0 Å². The summed E-state index contributed by atoms with van der Waals surface area (Å²) in [5.41, 5.74) is 0. The number of hydrogen-bond acceptors (Lipinski definition) is 1. The molecular weight excluding hydrogens is 209 g/mol. The molecule has 0 saturated carbocycles. The largest absolute Gasteiger partial charge is 0.269 e. The highest BCUT2D eigenvalue weighted by atomic mass is 79.9. The van der Waals surface area contributed by atoms with Gasteiger partial charge in [0.2, 0.25) is 0 Å². The van der Waals surface area contributed by atoms with E-state index in [0.29, 0.717) is 0 Å². The van der Waals surface area contributed by atoms with Gasteiger partial charge in [-0.05, 0) is 12.1 Å². The molecule has 0 aromatic heterocycles. The summed E-state index contributed by atoms with van der Waals surface area (Å²) in [6, 6.07) is 11.7. The van der Waals surface area contributed by atoms with E-state index in [1.807, 2.05) is 30.3 Å². The van der Waals surface area contributed by atoms with Crippen LogP contribution in [0.1, 0.15) is 6.92 Å². The topological polar surface area (TPSA) is 23.8 Å². The predicted octanol–water partition coefficient (Wildman–Crippen LogP) is 3.13. The molecule has 0 bridgehead atoms. The normalized spacial score (nSPS) is 6.27. The van der Waals surface area contributed by atoms with Gasteiger partial charge in [0, 0.05) is 11.4 Å². The first-order valence-corrected chi connectivity index (χ1v) is 3.62. The zero-order valence-corrected chi connectivity index (χ0v) is 7.71. The van der Waals surface area contributed by atoms with Crippen molar-refractivity contribution in [2.24, 2.45) is 0 Å². The molecule has 11 heavy (non-hydrogen) atoms. The Morgan fingerprint density at radius 3 is 1.82 bits per heavy atom. The molecule has 3 heteroatoms. The molecule has 0 unspecified atom stereocenters. The van der Waals surface area contributed by atoms with Crippen LogP contribution in [0.5, 0.6) is 0 Å². The van der Waals surface area contributed by atoms with Gasteiger partial charge in [-0.1, -0.05) is 34.1 Å². The van der Waals surface area contributed by atoms with Gasteiger partial charge in [0.05, 0.1) is 6.07 Å². The third-order valence-corrected chi connectivity index (χ3v) is 1.26. The van der Waals surface area contributed by atoms with Crippen molar-refractivity contribution in [2.75, 3.05) is 0 Å². The molecule has 60 valence electrons. The number of nitriles is 1. The van der Waals surface area contributed by atoms with Crippen LogP contribution >= 0.6 is 15.9 Å². The van der Waals surface area contributed by atoms with Crippen molar-refractivity contribution in [2.45, 2.75) is 6.92 Å². The molecule has 1 aromatic rings. The molecular formula is C8H9BrFN. The van der Waals surface area contributed by atoms with Crippen LogP contribution in [0.25, 0.3) is 0 Å². The molecule has 0 aliphatic rings. The molecule has 0 saturated heterocycles. The van der Waals surface area contributed by atoms with Gasteiger partial charge < -0.3 is 0 Å². The molecule has 0 aliphatic carbocycles. The molecule has 1 aromatic carbocycles. The van der Waals surface area contributed by atoms with Gasteiger partial charge in [-0.2, -0.15) is 5.26 Å². The van der Waals surface area contributed by atoms with Gasteiger partial charge in [0.15, 0.2) is 0 Å². The summed E-state index contributed by atoms with van der Waals surface area (Å²) in [6.45, 7) is 1.43. The number of halogens is 2. The first-order chi connectivity index (χ1) is 4.81. The average molecular weight is 218 g/mol. The molecule has 0 spiro atoms. The molecule has 0 heterocycles. The molecule has 0 amide bonds. The van der Waals surface area contributed by atoms with Crippen LogP contribution in [-0.2, 0) is 0 Å². The van der Waals surface area contributed by atoms with Crippen molar-refractivity contribution in [1.29, 1.82) is 5.26 Å². The van der Waals surface area contributed by atoms with Crippen LogP contribution in [0, 0.1) is 11.3 Å². The Morgan fingerprint density at radius 2 is 1.64 bits per heavy atom. The van der Waals surface area contributed by atoms with Gasteiger partial charge in [-0.25, -0.2) is 0 Å². The van der Waals surface area contributed by atoms with Crippen LogP contribution in [-0.4, -0.2) is 0 Å². The quantitative estimate of drug-likeness (QED) is 0.656. The van der Waals surface area contributed by atoms with Crippen molar-refractivity contribution in [3.05, 3.63) is 34.8 Å². The number of benzene rings is 1. The van der Waals surface area contributed by atoms with Crippen LogP contribution in [0.15, 0.2) is 34.8 Å². The third kappa shape index (κ3) is 9.12. The highest BCUT2D eigenvalue weighted by Crippen LogP contribution is 2.05. The summed E-state index contributed by atoms with van der Waals surface area (Å²) in [7, 11) is 0. The maximum Gasteiger partial charge on any atom is 0.0587 e. The molecule has 0 radical (unpaired) electrons. The van der Waals surface area contributed by atoms with E-state index in [9.17, 15) is 0 Å². The lowest BCUT2D eigenvalue weighted by Crippen LogP contribution is -1.55. The highest BCUT2D eigenvalue weighted by molar-refractivity contribution is 9.10. The SMILES string of the molecule is Brc1ccccc1.CC#N.F. The van der Waals surface area contributed by atoms with E-state index < -0.39 is 0 Å². The van der Waals surface area contributed by atoms with E-state index in [0.717, 1.165) is 4.47 Å². The summed E-state index contributed by atoms with van der Waals surface area (Å²) < 4.78 is 1.13. The van der Waals surface area contributed by atoms with Crippen LogP contribution in [0.4, 0.5) is 4.70 Å². The summed E-state index contributed by atoms with van der Waals surface area (Å²) in [4.78, 5) is 0. The molecule has 0 atom stereocenters. The number of nitrogens with zero attached hydrogens (tertiary/aromatic N) is 1. The Bertz CT molecular complexity index is 205. The fourth-order valence-electron chi connectivity index (χ4n) is 0.415. The van der Waals surface area contributed by atoms with E-state index in [1.165, 1.54) is 6.92 Å². The maximum absolute atomic E-state index is 7.32. The van der Waals surface area contributed by atoms with Crippen molar-refractivity contribution in [3.8, 4) is 6.07 Å². The Labute approximate surface area is 74.2 Å².